The molecule has 0 amide bonds. The second-order valence-electron chi connectivity index (χ2n) is 5.20. The highest BCUT2D eigenvalue weighted by atomic mass is 19.4. The van der Waals surface area contributed by atoms with Crippen LogP contribution in [0.2, 0.25) is 0 Å². The molecule has 1 aliphatic rings. The molecule has 1 fully saturated rings. The van der Waals surface area contributed by atoms with E-state index in [1.807, 2.05) is 19.0 Å². The van der Waals surface area contributed by atoms with E-state index < -0.39 is 11.9 Å². The third-order valence-corrected chi connectivity index (χ3v) is 3.10. The minimum absolute atomic E-state index is 0.234. The lowest BCUT2D eigenvalue weighted by atomic mass is 10.2. The maximum atomic E-state index is 13.1. The Kier molecular flexibility index (Phi) is 4.15. The predicted molar refractivity (Wildman–Crippen MR) is 65.6 cm³/mol. The molecular weight excluding hydrogens is 257 g/mol. The average Bonchev–Trinajstić information content (AvgIpc) is 3.01. The van der Waals surface area contributed by atoms with Crippen LogP contribution in [0.3, 0.4) is 0 Å². The van der Waals surface area contributed by atoms with Crippen LogP contribution in [0.5, 0.6) is 0 Å². The first-order valence-electron chi connectivity index (χ1n) is 6.38. The molecule has 0 aliphatic heterocycles. The molecule has 0 unspecified atom stereocenters. The summed E-state index contributed by atoms with van der Waals surface area (Å²) >= 11 is 0. The molecule has 1 N–H and O–H groups in total. The maximum absolute atomic E-state index is 13.1. The standard InChI is InChI=1S/C12H19F3N4/c1-18(2)5-6-19-11(12(13,14)15)9(8-17-19)7-16-10-3-4-10/h8,10,16H,3-7H2,1-2H3. The van der Waals surface area contributed by atoms with Crippen molar-refractivity contribution in [2.24, 2.45) is 0 Å². The van der Waals surface area contributed by atoms with Gasteiger partial charge in [-0.15, -0.1) is 0 Å². The van der Waals surface area contributed by atoms with Crippen molar-refractivity contribution < 1.29 is 13.2 Å². The Balaban J connectivity index is 2.12. The number of halogens is 3. The van der Waals surface area contributed by atoms with Gasteiger partial charge in [0.25, 0.3) is 0 Å². The lowest BCUT2D eigenvalue weighted by Crippen LogP contribution is -2.24. The number of hydrogen-bond acceptors (Lipinski definition) is 3. The van der Waals surface area contributed by atoms with Crippen molar-refractivity contribution in [3.05, 3.63) is 17.5 Å². The first-order valence-corrected chi connectivity index (χ1v) is 6.38. The van der Waals surface area contributed by atoms with Crippen LogP contribution in [-0.2, 0) is 19.3 Å². The highest BCUT2D eigenvalue weighted by Crippen LogP contribution is 2.32. The molecular formula is C12H19F3N4. The Labute approximate surface area is 110 Å². The van der Waals surface area contributed by atoms with E-state index in [0.29, 0.717) is 12.6 Å². The lowest BCUT2D eigenvalue weighted by molar-refractivity contribution is -0.145. The molecule has 108 valence electrons. The normalized spacial score (nSPS) is 16.3. The summed E-state index contributed by atoms with van der Waals surface area (Å²) in [4.78, 5) is 1.84. The van der Waals surface area contributed by atoms with Gasteiger partial charge < -0.3 is 10.2 Å². The van der Waals surface area contributed by atoms with Crippen molar-refractivity contribution in [2.45, 2.75) is 38.1 Å². The van der Waals surface area contributed by atoms with Gasteiger partial charge in [0.15, 0.2) is 0 Å². The van der Waals surface area contributed by atoms with Crippen LogP contribution in [0.15, 0.2) is 6.20 Å². The summed E-state index contributed by atoms with van der Waals surface area (Å²) in [6.45, 7) is 1.01. The van der Waals surface area contributed by atoms with Gasteiger partial charge in [-0.25, -0.2) is 0 Å². The van der Waals surface area contributed by atoms with Crippen LogP contribution < -0.4 is 5.32 Å². The van der Waals surface area contributed by atoms with E-state index in [9.17, 15) is 13.2 Å². The van der Waals surface area contributed by atoms with Gasteiger partial charge in [0, 0.05) is 24.7 Å². The molecule has 2 rings (SSSR count). The van der Waals surface area contributed by atoms with Crippen molar-refractivity contribution in [1.29, 1.82) is 0 Å². The zero-order chi connectivity index (χ0) is 14.0. The second-order valence-corrected chi connectivity index (χ2v) is 5.20. The molecule has 0 aromatic carbocycles. The van der Waals surface area contributed by atoms with Crippen molar-refractivity contribution in [3.63, 3.8) is 0 Å². The number of nitrogens with one attached hydrogen (secondary N) is 1. The van der Waals surface area contributed by atoms with Gasteiger partial charge in [-0.3, -0.25) is 4.68 Å². The third kappa shape index (κ3) is 3.94. The van der Waals surface area contributed by atoms with E-state index in [1.165, 1.54) is 6.20 Å². The Bertz CT molecular complexity index is 398. The van der Waals surface area contributed by atoms with Gasteiger partial charge >= 0.3 is 6.18 Å². The van der Waals surface area contributed by atoms with Crippen LogP contribution in [0.4, 0.5) is 13.2 Å². The molecule has 7 heteroatoms. The maximum Gasteiger partial charge on any atom is 0.433 e. The van der Waals surface area contributed by atoms with Gasteiger partial charge in [0.1, 0.15) is 5.69 Å². The highest BCUT2D eigenvalue weighted by molar-refractivity contribution is 5.21. The summed E-state index contributed by atoms with van der Waals surface area (Å²) < 4.78 is 40.4. The highest BCUT2D eigenvalue weighted by Gasteiger charge is 2.38. The zero-order valence-electron chi connectivity index (χ0n) is 11.2. The van der Waals surface area contributed by atoms with Crippen molar-refractivity contribution in [1.82, 2.24) is 20.0 Å². The fourth-order valence-electron chi connectivity index (χ4n) is 1.89. The smallest absolute Gasteiger partial charge is 0.310 e. The van der Waals surface area contributed by atoms with E-state index in [4.69, 9.17) is 0 Å². The molecule has 0 saturated heterocycles. The summed E-state index contributed by atoms with van der Waals surface area (Å²) in [5.74, 6) is 0. The van der Waals surface area contributed by atoms with Crippen molar-refractivity contribution in [3.8, 4) is 0 Å². The number of nitrogens with zero attached hydrogens (tertiary/aromatic N) is 3. The molecule has 1 aromatic heterocycles. The Morgan fingerprint density at radius 1 is 1.42 bits per heavy atom. The Hall–Kier alpha value is -1.08. The Morgan fingerprint density at radius 2 is 2.11 bits per heavy atom. The van der Waals surface area contributed by atoms with Gasteiger partial charge in [-0.1, -0.05) is 0 Å². The number of likely N-dealkylation sites (N-methyl/N-ethyl adjacent to an activating group) is 1. The summed E-state index contributed by atoms with van der Waals surface area (Å²) in [6, 6.07) is 0.381. The largest absolute Gasteiger partial charge is 0.433 e. The fraction of sp³-hybridized carbons (Fsp3) is 0.750. The van der Waals surface area contributed by atoms with Crippen LogP contribution in [0.1, 0.15) is 24.1 Å². The van der Waals surface area contributed by atoms with Gasteiger partial charge in [-0.05, 0) is 26.9 Å². The topological polar surface area (TPSA) is 33.1 Å². The van der Waals surface area contributed by atoms with E-state index in [-0.39, 0.29) is 18.7 Å². The lowest BCUT2D eigenvalue weighted by Gasteiger charge is -2.15. The van der Waals surface area contributed by atoms with E-state index >= 15 is 0 Å². The van der Waals surface area contributed by atoms with Gasteiger partial charge in [-0.2, -0.15) is 18.3 Å². The monoisotopic (exact) mass is 276 g/mol. The quantitative estimate of drug-likeness (QED) is 0.859. The first kappa shape index (κ1) is 14.3. The van der Waals surface area contributed by atoms with Crippen LogP contribution in [0.25, 0.3) is 0 Å². The Morgan fingerprint density at radius 3 is 2.63 bits per heavy atom. The number of alkyl halides is 3. The summed E-state index contributed by atoms with van der Waals surface area (Å²) in [5, 5.41) is 6.98. The summed E-state index contributed by atoms with van der Waals surface area (Å²) in [5.41, 5.74) is -0.388. The molecule has 0 atom stereocenters. The molecule has 1 saturated carbocycles. The van der Waals surface area contributed by atoms with Gasteiger partial charge in [0.2, 0.25) is 0 Å². The molecule has 1 aromatic rings. The van der Waals surface area contributed by atoms with Crippen molar-refractivity contribution >= 4 is 0 Å². The molecule has 0 spiro atoms. The van der Waals surface area contributed by atoms with E-state index in [2.05, 4.69) is 10.4 Å². The number of aromatic nitrogens is 2. The minimum Gasteiger partial charge on any atom is -0.310 e. The zero-order valence-corrected chi connectivity index (χ0v) is 11.2. The summed E-state index contributed by atoms with van der Waals surface area (Å²) in [6.07, 6.45) is -0.927. The predicted octanol–water partition coefficient (Wildman–Crippen LogP) is 1.72. The van der Waals surface area contributed by atoms with Crippen LogP contribution >= 0.6 is 0 Å². The van der Waals surface area contributed by atoms with Crippen LogP contribution in [0, 0.1) is 0 Å². The van der Waals surface area contributed by atoms with Crippen LogP contribution in [-0.4, -0.2) is 41.4 Å². The molecule has 1 heterocycles. The molecule has 19 heavy (non-hydrogen) atoms. The second kappa shape index (κ2) is 5.50. The third-order valence-electron chi connectivity index (χ3n) is 3.10. The SMILES string of the molecule is CN(C)CCn1ncc(CNC2CC2)c1C(F)(F)F. The molecule has 0 radical (unpaired) electrons. The summed E-state index contributed by atoms with van der Waals surface area (Å²) in [7, 11) is 3.65. The number of rotatable bonds is 6. The van der Waals surface area contributed by atoms with E-state index in [0.717, 1.165) is 17.5 Å². The molecule has 0 bridgehead atoms. The number of hydrogen-bond donors (Lipinski definition) is 1. The first-order chi connectivity index (χ1) is 8.88. The fourth-order valence-corrected chi connectivity index (χ4v) is 1.89. The average molecular weight is 276 g/mol. The van der Waals surface area contributed by atoms with E-state index in [1.54, 1.807) is 0 Å². The van der Waals surface area contributed by atoms with Gasteiger partial charge in [0.05, 0.1) is 12.7 Å². The van der Waals surface area contributed by atoms with Crippen molar-refractivity contribution in [2.75, 3.05) is 20.6 Å². The minimum atomic E-state index is -4.36. The molecule has 1 aliphatic carbocycles. The molecule has 4 nitrogen and oxygen atoms in total.